The molecule has 6 nitrogen and oxygen atoms in total. The van der Waals surface area contributed by atoms with E-state index in [4.69, 9.17) is 14.2 Å². The number of nitrogens with one attached hydrogen (secondary N) is 2. The van der Waals surface area contributed by atoms with E-state index < -0.39 is 0 Å². The molecule has 1 heterocycles. The summed E-state index contributed by atoms with van der Waals surface area (Å²) in [5.41, 5.74) is 0.865. The van der Waals surface area contributed by atoms with Crippen LogP contribution in [-0.2, 0) is 11.3 Å². The summed E-state index contributed by atoms with van der Waals surface area (Å²) in [5, 5.41) is 6.55. The van der Waals surface area contributed by atoms with Crippen molar-refractivity contribution >= 4 is 5.91 Å². The average Bonchev–Trinajstić information content (AvgIpc) is 3.09. The van der Waals surface area contributed by atoms with Crippen molar-refractivity contribution in [3.05, 3.63) is 17.7 Å². The summed E-state index contributed by atoms with van der Waals surface area (Å²) in [4.78, 5) is 12.6. The number of amides is 1. The number of carbonyl (C=O) groups excluding carboxylic acids is 1. The lowest BCUT2D eigenvalue weighted by molar-refractivity contribution is -0.123. The summed E-state index contributed by atoms with van der Waals surface area (Å²) in [7, 11) is 4.75. The van der Waals surface area contributed by atoms with Gasteiger partial charge in [0.25, 0.3) is 0 Å². The minimum Gasteiger partial charge on any atom is -0.493 e. The van der Waals surface area contributed by atoms with Gasteiger partial charge in [-0.2, -0.15) is 0 Å². The van der Waals surface area contributed by atoms with Gasteiger partial charge < -0.3 is 24.8 Å². The van der Waals surface area contributed by atoms with Crippen LogP contribution >= 0.6 is 0 Å². The maximum atomic E-state index is 12.6. The van der Waals surface area contributed by atoms with Crippen LogP contribution in [-0.4, -0.2) is 39.3 Å². The Kier molecular flexibility index (Phi) is 5.68. The molecule has 0 spiro atoms. The van der Waals surface area contributed by atoms with Crippen LogP contribution in [0.5, 0.6) is 17.2 Å². The van der Waals surface area contributed by atoms with Crippen LogP contribution in [0.1, 0.15) is 37.7 Å². The highest BCUT2D eigenvalue weighted by atomic mass is 16.5. The summed E-state index contributed by atoms with van der Waals surface area (Å²) in [5.74, 6) is 2.46. The van der Waals surface area contributed by atoms with Gasteiger partial charge in [-0.3, -0.25) is 4.79 Å². The number of hydrogen-bond donors (Lipinski definition) is 2. The fourth-order valence-electron chi connectivity index (χ4n) is 4.13. The van der Waals surface area contributed by atoms with Gasteiger partial charge in [-0.1, -0.05) is 12.8 Å². The molecule has 1 aliphatic heterocycles. The van der Waals surface area contributed by atoms with Crippen molar-refractivity contribution in [2.45, 2.75) is 50.7 Å². The quantitative estimate of drug-likeness (QED) is 0.825. The van der Waals surface area contributed by atoms with Crippen LogP contribution in [0.15, 0.2) is 12.1 Å². The standard InChI is InChI=1S/C19H28N2O4/c1-23-16-9-8-13(17(24-2)18(16)25-3)11-20-19(22)15-10-12-6-4-5-7-14(12)21-15/h8-9,12,14-15,21H,4-7,10-11H2,1-3H3,(H,20,22). The minimum atomic E-state index is -0.0840. The molecule has 1 aromatic rings. The Morgan fingerprint density at radius 1 is 1.12 bits per heavy atom. The first-order valence-corrected chi connectivity index (χ1v) is 8.99. The molecule has 2 N–H and O–H groups in total. The van der Waals surface area contributed by atoms with Crippen LogP contribution in [0.3, 0.4) is 0 Å². The second-order valence-electron chi connectivity index (χ2n) is 6.82. The summed E-state index contributed by atoms with van der Waals surface area (Å²) >= 11 is 0. The topological polar surface area (TPSA) is 68.8 Å². The zero-order chi connectivity index (χ0) is 17.8. The molecule has 1 saturated heterocycles. The maximum Gasteiger partial charge on any atom is 0.237 e. The zero-order valence-corrected chi connectivity index (χ0v) is 15.3. The van der Waals surface area contributed by atoms with Crippen molar-refractivity contribution in [1.29, 1.82) is 0 Å². The van der Waals surface area contributed by atoms with Gasteiger partial charge in [-0.25, -0.2) is 0 Å². The fraction of sp³-hybridized carbons (Fsp3) is 0.632. The van der Waals surface area contributed by atoms with E-state index in [2.05, 4.69) is 10.6 Å². The molecule has 3 atom stereocenters. The largest absolute Gasteiger partial charge is 0.493 e. The monoisotopic (exact) mass is 348 g/mol. The van der Waals surface area contributed by atoms with Gasteiger partial charge in [0.2, 0.25) is 11.7 Å². The molecule has 138 valence electrons. The molecule has 25 heavy (non-hydrogen) atoms. The van der Waals surface area contributed by atoms with E-state index in [1.807, 2.05) is 12.1 Å². The van der Waals surface area contributed by atoms with Crippen molar-refractivity contribution in [1.82, 2.24) is 10.6 Å². The van der Waals surface area contributed by atoms with Crippen molar-refractivity contribution in [3.63, 3.8) is 0 Å². The van der Waals surface area contributed by atoms with Gasteiger partial charge in [-0.15, -0.1) is 0 Å². The van der Waals surface area contributed by atoms with Gasteiger partial charge in [0.05, 0.1) is 27.4 Å². The van der Waals surface area contributed by atoms with Gasteiger partial charge >= 0.3 is 0 Å². The fourth-order valence-corrected chi connectivity index (χ4v) is 4.13. The van der Waals surface area contributed by atoms with Gasteiger partial charge in [0, 0.05) is 18.2 Å². The Morgan fingerprint density at radius 2 is 1.88 bits per heavy atom. The first kappa shape index (κ1) is 17.9. The normalized spacial score (nSPS) is 25.2. The Morgan fingerprint density at radius 3 is 2.56 bits per heavy atom. The van der Waals surface area contributed by atoms with Crippen molar-refractivity contribution in [2.75, 3.05) is 21.3 Å². The SMILES string of the molecule is COc1ccc(CNC(=O)C2CC3CCCCC3N2)c(OC)c1OC. The highest BCUT2D eigenvalue weighted by Crippen LogP contribution is 2.39. The van der Waals surface area contributed by atoms with Crippen LogP contribution in [0.4, 0.5) is 0 Å². The molecular weight excluding hydrogens is 320 g/mol. The Labute approximate surface area is 149 Å². The van der Waals surface area contributed by atoms with Crippen LogP contribution in [0, 0.1) is 5.92 Å². The van der Waals surface area contributed by atoms with Gasteiger partial charge in [0.15, 0.2) is 11.5 Å². The van der Waals surface area contributed by atoms with Crippen LogP contribution in [0.25, 0.3) is 0 Å². The highest BCUT2D eigenvalue weighted by molar-refractivity contribution is 5.82. The van der Waals surface area contributed by atoms with Crippen molar-refractivity contribution < 1.29 is 19.0 Å². The number of hydrogen-bond acceptors (Lipinski definition) is 5. The van der Waals surface area contributed by atoms with E-state index in [1.165, 1.54) is 25.7 Å². The first-order chi connectivity index (χ1) is 12.2. The smallest absolute Gasteiger partial charge is 0.237 e. The Balaban J connectivity index is 1.64. The molecule has 1 amide bonds. The molecule has 2 fully saturated rings. The zero-order valence-electron chi connectivity index (χ0n) is 15.3. The third-order valence-electron chi connectivity index (χ3n) is 5.42. The van der Waals surface area contributed by atoms with E-state index >= 15 is 0 Å². The highest BCUT2D eigenvalue weighted by Gasteiger charge is 2.38. The van der Waals surface area contributed by atoms with Crippen LogP contribution in [0.2, 0.25) is 0 Å². The molecule has 2 aliphatic rings. The minimum absolute atomic E-state index is 0.0613. The molecule has 0 radical (unpaired) electrons. The molecular formula is C19H28N2O4. The summed E-state index contributed by atoms with van der Waals surface area (Å²) in [6.07, 6.45) is 5.94. The molecule has 0 bridgehead atoms. The van der Waals surface area contributed by atoms with E-state index in [-0.39, 0.29) is 11.9 Å². The molecule has 3 rings (SSSR count). The van der Waals surface area contributed by atoms with Gasteiger partial charge in [-0.05, 0) is 37.3 Å². The van der Waals surface area contributed by atoms with Crippen molar-refractivity contribution in [3.8, 4) is 17.2 Å². The third-order valence-corrected chi connectivity index (χ3v) is 5.42. The average molecular weight is 348 g/mol. The Hall–Kier alpha value is -1.95. The van der Waals surface area contributed by atoms with Gasteiger partial charge in [0.1, 0.15) is 0 Å². The van der Waals surface area contributed by atoms with E-state index in [0.717, 1.165) is 12.0 Å². The molecule has 1 aromatic carbocycles. The number of fused-ring (bicyclic) bond motifs is 1. The predicted octanol–water partition coefficient (Wildman–Crippen LogP) is 2.25. The van der Waals surface area contributed by atoms with Crippen molar-refractivity contribution in [2.24, 2.45) is 5.92 Å². The number of carbonyl (C=O) groups is 1. The lowest BCUT2D eigenvalue weighted by atomic mass is 9.85. The first-order valence-electron chi connectivity index (χ1n) is 8.99. The Bertz CT molecular complexity index is 606. The summed E-state index contributed by atoms with van der Waals surface area (Å²) in [6, 6.07) is 4.15. The molecule has 1 aliphatic carbocycles. The van der Waals surface area contributed by atoms with E-state index in [9.17, 15) is 4.79 Å². The van der Waals surface area contributed by atoms with E-state index in [1.54, 1.807) is 21.3 Å². The van der Waals surface area contributed by atoms with E-state index in [0.29, 0.717) is 35.8 Å². The predicted molar refractivity (Wildman–Crippen MR) is 95.2 cm³/mol. The lowest BCUT2D eigenvalue weighted by Gasteiger charge is -2.24. The number of ether oxygens (including phenoxy) is 3. The molecule has 0 aromatic heterocycles. The number of methoxy groups -OCH3 is 3. The number of benzene rings is 1. The maximum absolute atomic E-state index is 12.6. The summed E-state index contributed by atoms with van der Waals surface area (Å²) < 4.78 is 16.2. The van der Waals surface area contributed by atoms with Crippen LogP contribution < -0.4 is 24.8 Å². The molecule has 3 unspecified atom stereocenters. The third kappa shape index (κ3) is 3.68. The second-order valence-corrected chi connectivity index (χ2v) is 6.82. The lowest BCUT2D eigenvalue weighted by Crippen LogP contribution is -2.42. The molecule has 6 heteroatoms. The second kappa shape index (κ2) is 7.95. The number of rotatable bonds is 6. The molecule has 1 saturated carbocycles. The summed E-state index contributed by atoms with van der Waals surface area (Å²) in [6.45, 7) is 0.399.